The number of hydrogen-bond donors (Lipinski definition) is 3. The maximum absolute atomic E-state index is 12.7. The zero-order valence-electron chi connectivity index (χ0n) is 13.3. The van der Waals surface area contributed by atoms with Gasteiger partial charge >= 0.3 is 6.18 Å². The average molecular weight is 352 g/mol. The fourth-order valence-corrected chi connectivity index (χ4v) is 3.05. The first-order chi connectivity index (χ1) is 11.7. The number of amides is 1. The van der Waals surface area contributed by atoms with Crippen molar-refractivity contribution in [1.82, 2.24) is 15.4 Å². The van der Waals surface area contributed by atoms with Gasteiger partial charge in [-0.05, 0) is 11.6 Å². The molecular formula is C16H15F3N4O2. The topological polar surface area (TPSA) is 87.1 Å². The molecule has 0 fully saturated rings. The van der Waals surface area contributed by atoms with Crippen molar-refractivity contribution in [2.75, 3.05) is 5.32 Å². The number of hydroxylamine groups is 1. The van der Waals surface area contributed by atoms with Gasteiger partial charge < -0.3 is 5.32 Å². The lowest BCUT2D eigenvalue weighted by Crippen LogP contribution is -2.26. The smallest absolute Gasteiger partial charge is 0.375 e. The molecule has 1 aliphatic heterocycles. The molecule has 0 aliphatic carbocycles. The van der Waals surface area contributed by atoms with Gasteiger partial charge in [0.1, 0.15) is 0 Å². The van der Waals surface area contributed by atoms with Crippen LogP contribution in [-0.4, -0.2) is 21.1 Å². The molecule has 9 heteroatoms. The summed E-state index contributed by atoms with van der Waals surface area (Å²) >= 11 is 0. The number of halogens is 3. The van der Waals surface area contributed by atoms with E-state index in [1.54, 1.807) is 11.5 Å². The molecule has 0 radical (unpaired) electrons. The molecule has 2 aromatic rings. The summed E-state index contributed by atoms with van der Waals surface area (Å²) in [5, 5.41) is 12.0. The van der Waals surface area contributed by atoms with E-state index in [1.807, 2.05) is 19.9 Å². The van der Waals surface area contributed by atoms with Crippen LogP contribution in [0.3, 0.4) is 0 Å². The van der Waals surface area contributed by atoms with Crippen LogP contribution in [0.4, 0.5) is 18.9 Å². The van der Waals surface area contributed by atoms with E-state index in [0.29, 0.717) is 17.6 Å². The molecule has 1 aliphatic rings. The highest BCUT2D eigenvalue weighted by molar-refractivity contribution is 6.00. The number of aromatic nitrogens is 2. The first kappa shape index (κ1) is 17.2. The van der Waals surface area contributed by atoms with Gasteiger partial charge in [-0.3, -0.25) is 15.0 Å². The number of nitrogens with one attached hydrogen (secondary N) is 2. The highest BCUT2D eigenvalue weighted by Crippen LogP contribution is 2.49. The Morgan fingerprint density at radius 3 is 2.56 bits per heavy atom. The summed E-state index contributed by atoms with van der Waals surface area (Å²) in [6.07, 6.45) is -2.78. The number of carbonyl (C=O) groups excluding carboxylic acids is 1. The van der Waals surface area contributed by atoms with Crippen molar-refractivity contribution in [2.45, 2.75) is 31.5 Å². The van der Waals surface area contributed by atoms with Gasteiger partial charge in [-0.15, -0.1) is 0 Å². The van der Waals surface area contributed by atoms with E-state index in [4.69, 9.17) is 5.21 Å². The number of fused-ring (bicyclic) bond motifs is 1. The number of para-hydroxylation sites is 1. The molecule has 0 saturated heterocycles. The van der Waals surface area contributed by atoms with E-state index in [2.05, 4.69) is 15.3 Å². The summed E-state index contributed by atoms with van der Waals surface area (Å²) in [6.45, 7) is 3.77. The largest absolute Gasteiger partial charge is 0.434 e. The molecule has 132 valence electrons. The normalized spacial score (nSPS) is 18.4. The average Bonchev–Trinajstić information content (AvgIpc) is 2.85. The quantitative estimate of drug-likeness (QED) is 0.571. The Hall–Kier alpha value is -2.68. The number of rotatable bonds is 2. The first-order valence-electron chi connectivity index (χ1n) is 7.40. The third-order valence-electron chi connectivity index (χ3n) is 4.37. The van der Waals surface area contributed by atoms with Crippen molar-refractivity contribution < 1.29 is 23.2 Å². The van der Waals surface area contributed by atoms with E-state index >= 15 is 0 Å². The van der Waals surface area contributed by atoms with Crippen LogP contribution in [0.5, 0.6) is 0 Å². The first-order valence-corrected chi connectivity index (χ1v) is 7.40. The molecule has 3 N–H and O–H groups in total. The van der Waals surface area contributed by atoms with E-state index < -0.39 is 29.2 Å². The Morgan fingerprint density at radius 2 is 2.00 bits per heavy atom. The van der Waals surface area contributed by atoms with E-state index in [9.17, 15) is 18.0 Å². The molecule has 1 atom stereocenters. The van der Waals surface area contributed by atoms with Crippen molar-refractivity contribution in [3.05, 3.63) is 53.1 Å². The lowest BCUT2D eigenvalue weighted by Gasteiger charge is -2.27. The maximum Gasteiger partial charge on any atom is 0.434 e. The summed E-state index contributed by atoms with van der Waals surface area (Å²) in [5.41, 5.74) is 1.81. The Morgan fingerprint density at radius 1 is 1.28 bits per heavy atom. The van der Waals surface area contributed by atoms with Crippen LogP contribution in [0, 0.1) is 0 Å². The Bertz CT molecular complexity index is 819. The van der Waals surface area contributed by atoms with Crippen molar-refractivity contribution in [3.8, 4) is 0 Å². The molecule has 25 heavy (non-hydrogen) atoms. The van der Waals surface area contributed by atoms with Crippen LogP contribution in [0.25, 0.3) is 0 Å². The van der Waals surface area contributed by atoms with Crippen LogP contribution >= 0.6 is 0 Å². The molecule has 2 heterocycles. The third kappa shape index (κ3) is 2.80. The standard InChI is InChI=1S/C16H15F3N4O2/c1-15(2)9-5-3-4-8(14(24)23-25)12(9)22-13(15)10-6-21-11(7-20-10)16(17,18)19/h3-7,13,22,25H,1-2H3,(H,23,24)/t13-/m1/s1. The van der Waals surface area contributed by atoms with Crippen molar-refractivity contribution in [1.29, 1.82) is 0 Å². The summed E-state index contributed by atoms with van der Waals surface area (Å²) in [4.78, 5) is 19.2. The molecule has 1 aromatic heterocycles. The monoisotopic (exact) mass is 352 g/mol. The maximum atomic E-state index is 12.7. The second kappa shape index (κ2) is 5.69. The van der Waals surface area contributed by atoms with Crippen LogP contribution in [0.15, 0.2) is 30.6 Å². The van der Waals surface area contributed by atoms with Crippen molar-refractivity contribution in [2.24, 2.45) is 0 Å². The fraction of sp³-hybridized carbons (Fsp3) is 0.312. The summed E-state index contributed by atoms with van der Waals surface area (Å²) in [5.74, 6) is -0.681. The van der Waals surface area contributed by atoms with E-state index in [0.717, 1.165) is 11.8 Å². The Labute approximate surface area is 141 Å². The number of nitrogens with zero attached hydrogens (tertiary/aromatic N) is 2. The molecule has 6 nitrogen and oxygen atoms in total. The van der Waals surface area contributed by atoms with Gasteiger partial charge in [0.05, 0.1) is 35.4 Å². The molecular weight excluding hydrogens is 337 g/mol. The minimum absolute atomic E-state index is 0.232. The third-order valence-corrected chi connectivity index (χ3v) is 4.37. The molecule has 0 saturated carbocycles. The van der Waals surface area contributed by atoms with Crippen LogP contribution in [0.1, 0.15) is 47.2 Å². The minimum Gasteiger partial charge on any atom is -0.375 e. The van der Waals surface area contributed by atoms with Gasteiger partial charge in [0, 0.05) is 5.41 Å². The van der Waals surface area contributed by atoms with Crippen LogP contribution in [-0.2, 0) is 11.6 Å². The minimum atomic E-state index is -4.56. The molecule has 1 amide bonds. The van der Waals surface area contributed by atoms with Crippen molar-refractivity contribution in [3.63, 3.8) is 0 Å². The van der Waals surface area contributed by atoms with Gasteiger partial charge in [0.25, 0.3) is 5.91 Å². The Balaban J connectivity index is 2.01. The zero-order valence-corrected chi connectivity index (χ0v) is 13.3. The fourth-order valence-electron chi connectivity index (χ4n) is 3.05. The SMILES string of the molecule is CC1(C)c2cccc(C(=O)NO)c2N[C@@H]1c1cnc(C(F)(F)F)cn1. The lowest BCUT2D eigenvalue weighted by atomic mass is 9.79. The highest BCUT2D eigenvalue weighted by atomic mass is 19.4. The highest BCUT2D eigenvalue weighted by Gasteiger charge is 2.43. The van der Waals surface area contributed by atoms with Gasteiger partial charge in [-0.25, -0.2) is 10.5 Å². The van der Waals surface area contributed by atoms with Gasteiger partial charge in [0.2, 0.25) is 0 Å². The second-order valence-corrected chi connectivity index (χ2v) is 6.29. The number of hydrogen-bond acceptors (Lipinski definition) is 5. The van der Waals surface area contributed by atoms with Gasteiger partial charge in [-0.1, -0.05) is 26.0 Å². The molecule has 0 spiro atoms. The Kier molecular flexibility index (Phi) is 3.91. The summed E-state index contributed by atoms with van der Waals surface area (Å²) in [6, 6.07) is 4.54. The number of alkyl halides is 3. The molecule has 3 rings (SSSR count). The number of carbonyl (C=O) groups is 1. The van der Waals surface area contributed by atoms with Crippen LogP contribution in [0.2, 0.25) is 0 Å². The second-order valence-electron chi connectivity index (χ2n) is 6.29. The molecule has 0 bridgehead atoms. The molecule has 1 aromatic carbocycles. The van der Waals surface area contributed by atoms with E-state index in [1.165, 1.54) is 6.07 Å². The van der Waals surface area contributed by atoms with Crippen molar-refractivity contribution >= 4 is 11.6 Å². The summed E-state index contributed by atoms with van der Waals surface area (Å²) < 4.78 is 38.0. The number of benzene rings is 1. The predicted molar refractivity (Wildman–Crippen MR) is 82.1 cm³/mol. The summed E-state index contributed by atoms with van der Waals surface area (Å²) in [7, 11) is 0. The van der Waals surface area contributed by atoms with Gasteiger partial charge in [0.15, 0.2) is 5.69 Å². The number of anilines is 1. The molecule has 0 unspecified atom stereocenters. The zero-order chi connectivity index (χ0) is 18.4. The lowest BCUT2D eigenvalue weighted by molar-refractivity contribution is -0.141. The predicted octanol–water partition coefficient (Wildman–Crippen LogP) is 3.06. The van der Waals surface area contributed by atoms with Gasteiger partial charge in [-0.2, -0.15) is 13.2 Å². The van der Waals surface area contributed by atoms with E-state index in [-0.39, 0.29) is 5.56 Å². The van der Waals surface area contributed by atoms with Crippen LogP contribution < -0.4 is 10.8 Å².